The lowest BCUT2D eigenvalue weighted by Crippen LogP contribution is -2.48. The fraction of sp³-hybridized carbons (Fsp3) is 0.556. The molecule has 26 heavy (non-hydrogen) atoms. The molecule has 8 nitrogen and oxygen atoms in total. The molecule has 144 valence electrons. The van der Waals surface area contributed by atoms with Gasteiger partial charge in [-0.2, -0.15) is 0 Å². The van der Waals surface area contributed by atoms with E-state index < -0.39 is 5.91 Å². The topological polar surface area (TPSA) is 112 Å². The third kappa shape index (κ3) is 5.80. The van der Waals surface area contributed by atoms with E-state index in [1.807, 2.05) is 6.07 Å². The van der Waals surface area contributed by atoms with Crippen LogP contribution in [0.4, 0.5) is 4.79 Å². The Balaban J connectivity index is 1.91. The van der Waals surface area contributed by atoms with Gasteiger partial charge in [-0.3, -0.25) is 4.79 Å². The summed E-state index contributed by atoms with van der Waals surface area (Å²) in [6.45, 7) is 1.59. The normalized spacial score (nSPS) is 15.8. The second-order valence-corrected chi connectivity index (χ2v) is 6.24. The van der Waals surface area contributed by atoms with Crippen LogP contribution in [0.5, 0.6) is 11.5 Å². The average Bonchev–Trinajstić information content (AvgIpc) is 2.66. The molecule has 1 aliphatic heterocycles. The number of ether oxygens (including phenoxy) is 3. The van der Waals surface area contributed by atoms with Crippen LogP contribution in [0.3, 0.4) is 0 Å². The molecule has 0 spiro atoms. The summed E-state index contributed by atoms with van der Waals surface area (Å²) in [5.41, 5.74) is 6.20. The van der Waals surface area contributed by atoms with Gasteiger partial charge in [-0.05, 0) is 36.5 Å². The van der Waals surface area contributed by atoms with E-state index in [2.05, 4.69) is 10.6 Å². The minimum absolute atomic E-state index is 0.119. The van der Waals surface area contributed by atoms with Gasteiger partial charge in [-0.25, -0.2) is 4.79 Å². The van der Waals surface area contributed by atoms with Crippen LogP contribution in [0.15, 0.2) is 18.2 Å². The Morgan fingerprint density at radius 3 is 2.54 bits per heavy atom. The molecule has 0 unspecified atom stereocenters. The molecule has 0 aliphatic carbocycles. The van der Waals surface area contributed by atoms with Crippen molar-refractivity contribution < 1.29 is 23.8 Å². The molecule has 0 aromatic heterocycles. The summed E-state index contributed by atoms with van der Waals surface area (Å²) in [6, 6.07) is 4.81. The Bertz CT molecular complexity index is 617. The van der Waals surface area contributed by atoms with Gasteiger partial charge in [0.2, 0.25) is 5.91 Å². The van der Waals surface area contributed by atoms with Gasteiger partial charge in [0.25, 0.3) is 0 Å². The summed E-state index contributed by atoms with van der Waals surface area (Å²) in [5, 5.41) is 5.68. The number of methoxy groups -OCH3 is 2. The molecule has 4 N–H and O–H groups in total. The fourth-order valence-corrected chi connectivity index (χ4v) is 3.06. The maximum atomic E-state index is 12.3. The number of urea groups is 1. The highest BCUT2D eigenvalue weighted by Crippen LogP contribution is 2.27. The third-order valence-corrected chi connectivity index (χ3v) is 4.47. The first-order valence-electron chi connectivity index (χ1n) is 8.64. The van der Waals surface area contributed by atoms with Crippen molar-refractivity contribution in [2.75, 3.05) is 27.4 Å². The highest BCUT2D eigenvalue weighted by atomic mass is 16.5. The van der Waals surface area contributed by atoms with Crippen LogP contribution in [-0.2, 0) is 16.1 Å². The van der Waals surface area contributed by atoms with Gasteiger partial charge >= 0.3 is 6.03 Å². The number of hydrogen-bond donors (Lipinski definition) is 3. The first-order chi connectivity index (χ1) is 12.5. The van der Waals surface area contributed by atoms with Crippen LogP contribution in [0, 0.1) is 5.92 Å². The van der Waals surface area contributed by atoms with Gasteiger partial charge in [0.1, 0.15) is 0 Å². The quantitative estimate of drug-likeness (QED) is 0.640. The zero-order valence-corrected chi connectivity index (χ0v) is 15.2. The van der Waals surface area contributed by atoms with E-state index in [-0.39, 0.29) is 24.4 Å². The van der Waals surface area contributed by atoms with E-state index in [1.54, 1.807) is 26.4 Å². The SMILES string of the molecule is COc1ccc(CNC(=O)N[C@H](CC(N)=O)C2CCOCC2)cc1OC. The van der Waals surface area contributed by atoms with Crippen LogP contribution in [0.1, 0.15) is 24.8 Å². The van der Waals surface area contributed by atoms with Crippen LogP contribution < -0.4 is 25.8 Å². The van der Waals surface area contributed by atoms with Crippen molar-refractivity contribution in [2.45, 2.75) is 31.8 Å². The Labute approximate surface area is 153 Å². The number of carbonyl (C=O) groups excluding carboxylic acids is 2. The zero-order chi connectivity index (χ0) is 18.9. The lowest BCUT2D eigenvalue weighted by Gasteiger charge is -2.30. The van der Waals surface area contributed by atoms with Crippen molar-refractivity contribution in [3.8, 4) is 11.5 Å². The maximum absolute atomic E-state index is 12.3. The summed E-state index contributed by atoms with van der Waals surface area (Å²) >= 11 is 0. The molecule has 1 atom stereocenters. The Hall–Kier alpha value is -2.48. The number of carbonyl (C=O) groups is 2. The fourth-order valence-electron chi connectivity index (χ4n) is 3.06. The second-order valence-electron chi connectivity index (χ2n) is 6.24. The predicted octanol–water partition coefficient (Wildman–Crippen LogP) is 1.17. The molecule has 2 rings (SSSR count). The van der Waals surface area contributed by atoms with Crippen LogP contribution in [0.25, 0.3) is 0 Å². The van der Waals surface area contributed by atoms with Crippen molar-refractivity contribution in [1.29, 1.82) is 0 Å². The van der Waals surface area contributed by atoms with E-state index in [1.165, 1.54) is 0 Å². The Morgan fingerprint density at radius 1 is 1.23 bits per heavy atom. The maximum Gasteiger partial charge on any atom is 0.315 e. The first-order valence-corrected chi connectivity index (χ1v) is 8.64. The molecule has 0 saturated carbocycles. The summed E-state index contributed by atoms with van der Waals surface area (Å²) in [4.78, 5) is 23.6. The van der Waals surface area contributed by atoms with Crippen molar-refractivity contribution in [3.05, 3.63) is 23.8 Å². The molecule has 1 aromatic rings. The highest BCUT2D eigenvalue weighted by molar-refractivity contribution is 5.77. The largest absolute Gasteiger partial charge is 0.493 e. The third-order valence-electron chi connectivity index (χ3n) is 4.47. The summed E-state index contributed by atoms with van der Waals surface area (Å²) in [6.07, 6.45) is 1.72. The molecular weight excluding hydrogens is 338 g/mol. The van der Waals surface area contributed by atoms with E-state index in [0.717, 1.165) is 18.4 Å². The summed E-state index contributed by atoms with van der Waals surface area (Å²) in [5.74, 6) is 0.979. The van der Waals surface area contributed by atoms with Gasteiger partial charge in [0, 0.05) is 32.2 Å². The van der Waals surface area contributed by atoms with E-state index in [4.69, 9.17) is 19.9 Å². The van der Waals surface area contributed by atoms with Crippen molar-refractivity contribution in [1.82, 2.24) is 10.6 Å². The van der Waals surface area contributed by atoms with E-state index >= 15 is 0 Å². The number of amides is 3. The summed E-state index contributed by atoms with van der Waals surface area (Å²) in [7, 11) is 3.13. The molecule has 8 heteroatoms. The summed E-state index contributed by atoms with van der Waals surface area (Å²) < 4.78 is 15.8. The molecular formula is C18H27N3O5. The number of hydrogen-bond acceptors (Lipinski definition) is 5. The number of nitrogens with two attached hydrogens (primary N) is 1. The monoisotopic (exact) mass is 365 g/mol. The molecule has 1 fully saturated rings. The lowest BCUT2D eigenvalue weighted by atomic mass is 9.89. The Kier molecular flexibility index (Phi) is 7.53. The molecule has 1 aromatic carbocycles. The molecule has 1 heterocycles. The molecule has 1 saturated heterocycles. The van der Waals surface area contributed by atoms with Crippen LogP contribution in [0.2, 0.25) is 0 Å². The van der Waals surface area contributed by atoms with Gasteiger partial charge in [0.15, 0.2) is 11.5 Å². The van der Waals surface area contributed by atoms with Gasteiger partial charge < -0.3 is 30.6 Å². The highest BCUT2D eigenvalue weighted by Gasteiger charge is 2.26. The Morgan fingerprint density at radius 2 is 1.92 bits per heavy atom. The van der Waals surface area contributed by atoms with Crippen LogP contribution >= 0.6 is 0 Å². The smallest absolute Gasteiger partial charge is 0.315 e. The van der Waals surface area contributed by atoms with E-state index in [0.29, 0.717) is 31.3 Å². The molecule has 1 aliphatic rings. The van der Waals surface area contributed by atoms with Crippen molar-refractivity contribution in [3.63, 3.8) is 0 Å². The van der Waals surface area contributed by atoms with Crippen molar-refractivity contribution >= 4 is 11.9 Å². The molecule has 3 amide bonds. The minimum atomic E-state index is -0.429. The average molecular weight is 365 g/mol. The first kappa shape index (κ1) is 19.8. The number of benzene rings is 1. The molecule has 0 radical (unpaired) electrons. The number of rotatable bonds is 8. The van der Waals surface area contributed by atoms with Gasteiger partial charge in [-0.1, -0.05) is 6.07 Å². The standard InChI is InChI=1S/C18H27N3O5/c1-24-15-4-3-12(9-16(15)25-2)11-20-18(23)21-14(10-17(19)22)13-5-7-26-8-6-13/h3-4,9,13-14H,5-8,10-11H2,1-2H3,(H2,19,22)(H2,20,21,23)/t14-/m1/s1. The zero-order valence-electron chi connectivity index (χ0n) is 15.2. The predicted molar refractivity (Wildman–Crippen MR) is 96.1 cm³/mol. The van der Waals surface area contributed by atoms with Crippen molar-refractivity contribution in [2.24, 2.45) is 11.7 Å². The minimum Gasteiger partial charge on any atom is -0.493 e. The van der Waals surface area contributed by atoms with Gasteiger partial charge in [-0.15, -0.1) is 0 Å². The number of primary amides is 1. The van der Waals surface area contributed by atoms with Crippen LogP contribution in [-0.4, -0.2) is 45.4 Å². The second kappa shape index (κ2) is 9.86. The van der Waals surface area contributed by atoms with Gasteiger partial charge in [0.05, 0.1) is 14.2 Å². The number of nitrogens with one attached hydrogen (secondary N) is 2. The van der Waals surface area contributed by atoms with E-state index in [9.17, 15) is 9.59 Å². The molecule has 0 bridgehead atoms. The lowest BCUT2D eigenvalue weighted by molar-refractivity contribution is -0.118.